The summed E-state index contributed by atoms with van der Waals surface area (Å²) < 4.78 is 22.9. The average molecular weight is 393 g/mol. The van der Waals surface area contributed by atoms with Crippen LogP contribution in [0.3, 0.4) is 0 Å². The van der Waals surface area contributed by atoms with Gasteiger partial charge in [-0.05, 0) is 30.3 Å². The van der Waals surface area contributed by atoms with Crippen molar-refractivity contribution in [3.63, 3.8) is 0 Å². The topological polar surface area (TPSA) is 76.1 Å². The third-order valence-corrected chi connectivity index (χ3v) is 5.63. The number of benzene rings is 2. The molecule has 1 amide bonds. The molecular formula is C17H13ClN2O3S2. The first kappa shape index (κ1) is 17.6. The molecule has 0 radical (unpaired) electrons. The van der Waals surface area contributed by atoms with Crippen molar-refractivity contribution in [3.05, 3.63) is 64.5 Å². The van der Waals surface area contributed by atoms with Gasteiger partial charge in [0, 0.05) is 27.8 Å². The number of nitrogens with zero attached hydrogens (tertiary/aromatic N) is 1. The Morgan fingerprint density at radius 2 is 1.80 bits per heavy atom. The predicted molar refractivity (Wildman–Crippen MR) is 100 cm³/mol. The molecule has 25 heavy (non-hydrogen) atoms. The number of carbonyl (C=O) groups excluding carboxylic acids is 1. The maximum Gasteiger partial charge on any atom is 0.257 e. The SMILES string of the molecule is CS(=O)(=O)c1ccc(C(=O)Nc2nc(-c3ccccc3Cl)cs2)cc1. The molecule has 0 atom stereocenters. The zero-order valence-electron chi connectivity index (χ0n) is 13.1. The highest BCUT2D eigenvalue weighted by Crippen LogP contribution is 2.30. The van der Waals surface area contributed by atoms with Crippen LogP contribution in [0.15, 0.2) is 58.8 Å². The van der Waals surface area contributed by atoms with E-state index < -0.39 is 9.84 Å². The molecule has 0 unspecified atom stereocenters. The highest BCUT2D eigenvalue weighted by molar-refractivity contribution is 7.90. The van der Waals surface area contributed by atoms with Crippen molar-refractivity contribution in [2.75, 3.05) is 11.6 Å². The second kappa shape index (κ2) is 6.95. The van der Waals surface area contributed by atoms with Crippen LogP contribution in [0.4, 0.5) is 5.13 Å². The Balaban J connectivity index is 1.77. The first-order valence-electron chi connectivity index (χ1n) is 7.16. The second-order valence-electron chi connectivity index (χ2n) is 5.27. The van der Waals surface area contributed by atoms with E-state index in [2.05, 4.69) is 10.3 Å². The third kappa shape index (κ3) is 4.07. The van der Waals surface area contributed by atoms with E-state index in [4.69, 9.17) is 11.6 Å². The first-order chi connectivity index (χ1) is 11.8. The van der Waals surface area contributed by atoms with Crippen molar-refractivity contribution in [2.24, 2.45) is 0 Å². The zero-order chi connectivity index (χ0) is 18.0. The summed E-state index contributed by atoms with van der Waals surface area (Å²) in [6.45, 7) is 0. The molecule has 0 bridgehead atoms. The van der Waals surface area contributed by atoms with Gasteiger partial charge < -0.3 is 0 Å². The number of sulfone groups is 1. The molecule has 1 aromatic heterocycles. The Labute approximate surface area is 154 Å². The van der Waals surface area contributed by atoms with Gasteiger partial charge >= 0.3 is 0 Å². The van der Waals surface area contributed by atoms with Gasteiger partial charge in [0.05, 0.1) is 10.6 Å². The van der Waals surface area contributed by atoms with Crippen LogP contribution in [0, 0.1) is 0 Å². The van der Waals surface area contributed by atoms with E-state index in [0.717, 1.165) is 11.8 Å². The third-order valence-electron chi connectivity index (χ3n) is 3.42. The van der Waals surface area contributed by atoms with E-state index >= 15 is 0 Å². The van der Waals surface area contributed by atoms with Gasteiger partial charge in [-0.1, -0.05) is 29.8 Å². The van der Waals surface area contributed by atoms with Gasteiger partial charge in [-0.25, -0.2) is 13.4 Å². The number of rotatable bonds is 4. The lowest BCUT2D eigenvalue weighted by Gasteiger charge is -2.03. The van der Waals surface area contributed by atoms with Crippen LogP contribution >= 0.6 is 22.9 Å². The summed E-state index contributed by atoms with van der Waals surface area (Å²) in [4.78, 5) is 16.8. The number of hydrogen-bond acceptors (Lipinski definition) is 5. The fraction of sp³-hybridized carbons (Fsp3) is 0.0588. The summed E-state index contributed by atoms with van der Waals surface area (Å²) in [6.07, 6.45) is 1.12. The molecule has 2 aromatic carbocycles. The number of nitrogens with one attached hydrogen (secondary N) is 1. The van der Waals surface area contributed by atoms with Gasteiger partial charge in [0.1, 0.15) is 0 Å². The highest BCUT2D eigenvalue weighted by atomic mass is 35.5. The van der Waals surface area contributed by atoms with Crippen LogP contribution in [-0.2, 0) is 9.84 Å². The molecule has 3 aromatic rings. The second-order valence-corrected chi connectivity index (χ2v) is 8.55. The molecule has 0 spiro atoms. The van der Waals surface area contributed by atoms with Gasteiger partial charge in [0.2, 0.25) is 0 Å². The quantitative estimate of drug-likeness (QED) is 0.724. The largest absolute Gasteiger partial charge is 0.298 e. The van der Waals surface area contributed by atoms with Crippen LogP contribution in [-0.4, -0.2) is 25.6 Å². The molecule has 0 fully saturated rings. The van der Waals surface area contributed by atoms with E-state index in [0.29, 0.717) is 21.4 Å². The van der Waals surface area contributed by atoms with Gasteiger partial charge in [-0.15, -0.1) is 11.3 Å². The number of amides is 1. The Morgan fingerprint density at radius 1 is 1.12 bits per heavy atom. The van der Waals surface area contributed by atoms with Crippen LogP contribution in [0.2, 0.25) is 5.02 Å². The molecule has 5 nitrogen and oxygen atoms in total. The van der Waals surface area contributed by atoms with Crippen molar-refractivity contribution in [1.82, 2.24) is 4.98 Å². The number of halogens is 1. The van der Waals surface area contributed by atoms with E-state index in [-0.39, 0.29) is 10.8 Å². The van der Waals surface area contributed by atoms with Crippen LogP contribution in [0.1, 0.15) is 10.4 Å². The minimum absolute atomic E-state index is 0.166. The fourth-order valence-corrected chi connectivity index (χ4v) is 3.72. The summed E-state index contributed by atoms with van der Waals surface area (Å²) in [5, 5.41) is 5.53. The molecule has 0 aliphatic carbocycles. The number of carbonyl (C=O) groups is 1. The lowest BCUT2D eigenvalue weighted by molar-refractivity contribution is 0.102. The summed E-state index contributed by atoms with van der Waals surface area (Å²) >= 11 is 7.44. The van der Waals surface area contributed by atoms with E-state index in [1.807, 2.05) is 23.6 Å². The molecule has 0 aliphatic rings. The molecule has 1 heterocycles. The molecule has 8 heteroatoms. The molecule has 3 rings (SSSR count). The summed E-state index contributed by atoms with van der Waals surface area (Å²) in [5.41, 5.74) is 1.82. The van der Waals surface area contributed by atoms with Crippen LogP contribution < -0.4 is 5.32 Å². The number of hydrogen-bond donors (Lipinski definition) is 1. The number of thiazole rings is 1. The maximum atomic E-state index is 12.3. The van der Waals surface area contributed by atoms with Crippen LogP contribution in [0.25, 0.3) is 11.3 Å². The summed E-state index contributed by atoms with van der Waals surface area (Å²) in [7, 11) is -3.29. The monoisotopic (exact) mass is 392 g/mol. The van der Waals surface area contributed by atoms with Crippen molar-refractivity contribution < 1.29 is 13.2 Å². The Hall–Kier alpha value is -2.22. The number of anilines is 1. The van der Waals surface area contributed by atoms with Crippen LogP contribution in [0.5, 0.6) is 0 Å². The van der Waals surface area contributed by atoms with Crippen molar-refractivity contribution in [2.45, 2.75) is 4.90 Å². The van der Waals surface area contributed by atoms with Crippen molar-refractivity contribution in [1.29, 1.82) is 0 Å². The smallest absolute Gasteiger partial charge is 0.257 e. The van der Waals surface area contributed by atoms with E-state index in [9.17, 15) is 13.2 Å². The minimum atomic E-state index is -3.29. The normalized spacial score (nSPS) is 11.3. The first-order valence-corrected chi connectivity index (χ1v) is 10.3. The van der Waals surface area contributed by atoms with Gasteiger partial charge in [0.25, 0.3) is 5.91 Å². The predicted octanol–water partition coefficient (Wildman–Crippen LogP) is 4.12. The highest BCUT2D eigenvalue weighted by Gasteiger charge is 2.13. The van der Waals surface area contributed by atoms with Gasteiger partial charge in [-0.2, -0.15) is 0 Å². The summed E-state index contributed by atoms with van der Waals surface area (Å²) in [5.74, 6) is -0.361. The van der Waals surface area contributed by atoms with Gasteiger partial charge in [-0.3, -0.25) is 10.1 Å². The Morgan fingerprint density at radius 3 is 2.44 bits per heavy atom. The fourth-order valence-electron chi connectivity index (χ4n) is 2.15. The van der Waals surface area contributed by atoms with E-state index in [1.165, 1.54) is 35.6 Å². The van der Waals surface area contributed by atoms with Crippen molar-refractivity contribution in [3.8, 4) is 11.3 Å². The molecule has 128 valence electrons. The molecule has 0 aliphatic heterocycles. The lowest BCUT2D eigenvalue weighted by atomic mass is 10.2. The van der Waals surface area contributed by atoms with Gasteiger partial charge in [0.15, 0.2) is 15.0 Å². The Bertz CT molecular complexity index is 1030. The molecular weight excluding hydrogens is 380 g/mol. The summed E-state index contributed by atoms with van der Waals surface area (Å²) in [6, 6.07) is 13.1. The molecule has 0 saturated heterocycles. The number of aromatic nitrogens is 1. The standard InChI is InChI=1S/C17H13ClN2O3S2/c1-25(22,23)12-8-6-11(7-9-12)16(21)20-17-19-15(10-24-17)13-4-2-3-5-14(13)18/h2-10H,1H3,(H,19,20,21). The zero-order valence-corrected chi connectivity index (χ0v) is 15.5. The molecule has 1 N–H and O–H groups in total. The lowest BCUT2D eigenvalue weighted by Crippen LogP contribution is -2.12. The Kier molecular flexibility index (Phi) is 4.89. The van der Waals surface area contributed by atoms with Crippen molar-refractivity contribution >= 4 is 43.8 Å². The maximum absolute atomic E-state index is 12.3. The van der Waals surface area contributed by atoms with E-state index in [1.54, 1.807) is 6.07 Å². The molecule has 0 saturated carbocycles. The average Bonchev–Trinajstić information content (AvgIpc) is 3.03. The minimum Gasteiger partial charge on any atom is -0.298 e.